The first kappa shape index (κ1) is 25.9. The molecule has 11 heteroatoms. The smallest absolute Gasteiger partial charge is 0.344 e. The third-order valence-electron chi connectivity index (χ3n) is 4.59. The van der Waals surface area contributed by atoms with Crippen molar-refractivity contribution in [2.24, 2.45) is 5.10 Å². The SMILES string of the molecule is COc1cc(C(C)=NNC(=O)C(=O)Nc2ccc(F)c(Cl)c2)ccc1OC(=O)c1ccccc1Br. The Hall–Kier alpha value is -3.76. The summed E-state index contributed by atoms with van der Waals surface area (Å²) in [5.74, 6) is -2.85. The number of methoxy groups -OCH3 is 1. The van der Waals surface area contributed by atoms with Crippen LogP contribution in [-0.2, 0) is 9.59 Å². The van der Waals surface area contributed by atoms with Crippen LogP contribution in [0.4, 0.5) is 10.1 Å². The number of carbonyl (C=O) groups excluding carboxylic acids is 3. The molecule has 0 fully saturated rings. The number of benzene rings is 3. The first-order valence-corrected chi connectivity index (χ1v) is 11.1. The van der Waals surface area contributed by atoms with Crippen molar-refractivity contribution in [3.8, 4) is 11.5 Å². The molecule has 3 rings (SSSR count). The van der Waals surface area contributed by atoms with Crippen molar-refractivity contribution in [3.05, 3.63) is 87.1 Å². The molecule has 0 bridgehead atoms. The lowest BCUT2D eigenvalue weighted by Crippen LogP contribution is -2.33. The Labute approximate surface area is 213 Å². The zero-order chi connectivity index (χ0) is 25.5. The molecule has 0 radical (unpaired) electrons. The highest BCUT2D eigenvalue weighted by Crippen LogP contribution is 2.30. The van der Waals surface area contributed by atoms with Gasteiger partial charge in [-0.15, -0.1) is 0 Å². The van der Waals surface area contributed by atoms with E-state index in [1.165, 1.54) is 25.3 Å². The first-order chi connectivity index (χ1) is 16.7. The van der Waals surface area contributed by atoms with E-state index < -0.39 is 23.6 Å². The zero-order valence-corrected chi connectivity index (χ0v) is 20.7. The van der Waals surface area contributed by atoms with Crippen molar-refractivity contribution in [1.82, 2.24) is 5.43 Å². The Kier molecular flexibility index (Phi) is 8.56. The summed E-state index contributed by atoms with van der Waals surface area (Å²) < 4.78 is 24.6. The highest BCUT2D eigenvalue weighted by Gasteiger charge is 2.17. The number of ether oxygens (including phenoxy) is 2. The van der Waals surface area contributed by atoms with Crippen LogP contribution in [0.15, 0.2) is 70.2 Å². The number of hydrazone groups is 1. The summed E-state index contributed by atoms with van der Waals surface area (Å²) in [6, 6.07) is 15.0. The Morgan fingerprint density at radius 3 is 2.43 bits per heavy atom. The zero-order valence-electron chi connectivity index (χ0n) is 18.4. The lowest BCUT2D eigenvalue weighted by atomic mass is 10.1. The Morgan fingerprint density at radius 2 is 1.74 bits per heavy atom. The Bertz CT molecular complexity index is 1330. The number of halogens is 3. The average Bonchev–Trinajstić information content (AvgIpc) is 2.84. The molecule has 0 aliphatic heterocycles. The van der Waals surface area contributed by atoms with Gasteiger partial charge in [-0.2, -0.15) is 5.10 Å². The third-order valence-corrected chi connectivity index (χ3v) is 5.57. The number of hydrogen-bond donors (Lipinski definition) is 2. The molecule has 0 saturated carbocycles. The van der Waals surface area contributed by atoms with Crippen molar-refractivity contribution < 1.29 is 28.2 Å². The minimum atomic E-state index is -1.05. The Morgan fingerprint density at radius 1 is 1.00 bits per heavy atom. The molecule has 0 unspecified atom stereocenters. The number of nitrogens with zero attached hydrogens (tertiary/aromatic N) is 1. The average molecular weight is 563 g/mol. The van der Waals surface area contributed by atoms with E-state index in [2.05, 4.69) is 31.8 Å². The molecule has 0 heterocycles. The third kappa shape index (κ3) is 6.65. The fraction of sp³-hybridized carbons (Fsp3) is 0.0833. The molecule has 0 spiro atoms. The summed E-state index contributed by atoms with van der Waals surface area (Å²) in [7, 11) is 1.41. The topological polar surface area (TPSA) is 106 Å². The molecule has 0 aromatic heterocycles. The standard InChI is InChI=1S/C24H18BrClFN3O5/c1-13(29-30-23(32)22(31)28-15-8-9-19(27)18(26)12-15)14-7-10-20(21(11-14)34-2)35-24(33)16-5-3-4-6-17(16)25/h3-12H,1-2H3,(H,28,31)(H,30,32). The van der Waals surface area contributed by atoms with Gasteiger partial charge in [0.1, 0.15) is 5.82 Å². The van der Waals surface area contributed by atoms with Crippen LogP contribution in [0.25, 0.3) is 0 Å². The molecule has 3 aromatic rings. The summed E-state index contributed by atoms with van der Waals surface area (Å²) in [4.78, 5) is 36.6. The summed E-state index contributed by atoms with van der Waals surface area (Å²) in [5, 5.41) is 6.01. The van der Waals surface area contributed by atoms with Gasteiger partial charge in [-0.3, -0.25) is 9.59 Å². The number of anilines is 1. The highest BCUT2D eigenvalue weighted by molar-refractivity contribution is 9.10. The van der Waals surface area contributed by atoms with Gasteiger partial charge in [-0.1, -0.05) is 23.7 Å². The maximum atomic E-state index is 13.2. The van der Waals surface area contributed by atoms with Crippen molar-refractivity contribution in [2.75, 3.05) is 12.4 Å². The van der Waals surface area contributed by atoms with Crippen LogP contribution in [0.3, 0.4) is 0 Å². The molecule has 180 valence electrons. The maximum Gasteiger partial charge on any atom is 0.344 e. The lowest BCUT2D eigenvalue weighted by Gasteiger charge is -2.12. The van der Waals surface area contributed by atoms with E-state index in [-0.39, 0.29) is 22.2 Å². The second-order valence-electron chi connectivity index (χ2n) is 6.96. The molecule has 3 aromatic carbocycles. The Balaban J connectivity index is 1.67. The molecular formula is C24H18BrClFN3O5. The van der Waals surface area contributed by atoms with E-state index in [0.717, 1.165) is 6.07 Å². The largest absolute Gasteiger partial charge is 0.493 e. The van der Waals surface area contributed by atoms with E-state index in [1.807, 2.05) is 0 Å². The molecule has 0 atom stereocenters. The predicted octanol–water partition coefficient (Wildman–Crippen LogP) is 4.95. The summed E-state index contributed by atoms with van der Waals surface area (Å²) in [6.07, 6.45) is 0. The minimum absolute atomic E-state index is 0.148. The van der Waals surface area contributed by atoms with Crippen molar-refractivity contribution in [2.45, 2.75) is 6.92 Å². The molecular weight excluding hydrogens is 545 g/mol. The van der Waals surface area contributed by atoms with Crippen LogP contribution in [0, 0.1) is 5.82 Å². The van der Waals surface area contributed by atoms with Crippen molar-refractivity contribution in [1.29, 1.82) is 0 Å². The van der Waals surface area contributed by atoms with Crippen molar-refractivity contribution >= 4 is 56.7 Å². The lowest BCUT2D eigenvalue weighted by molar-refractivity contribution is -0.136. The minimum Gasteiger partial charge on any atom is -0.493 e. The van der Waals surface area contributed by atoms with E-state index in [4.69, 9.17) is 21.1 Å². The second kappa shape index (κ2) is 11.6. The van der Waals surface area contributed by atoms with Crippen LogP contribution in [0.1, 0.15) is 22.8 Å². The van der Waals surface area contributed by atoms with E-state index in [1.54, 1.807) is 43.3 Å². The van der Waals surface area contributed by atoms with Gasteiger partial charge in [0.15, 0.2) is 11.5 Å². The van der Waals surface area contributed by atoms with E-state index in [9.17, 15) is 18.8 Å². The number of esters is 1. The van der Waals surface area contributed by atoms with Crippen molar-refractivity contribution in [3.63, 3.8) is 0 Å². The monoisotopic (exact) mass is 561 g/mol. The van der Waals surface area contributed by atoms with Crippen LogP contribution in [0.5, 0.6) is 11.5 Å². The molecule has 0 aliphatic carbocycles. The number of rotatable bonds is 6. The van der Waals surface area contributed by atoms with Gasteiger partial charge < -0.3 is 14.8 Å². The van der Waals surface area contributed by atoms with Crippen LogP contribution in [-0.4, -0.2) is 30.6 Å². The summed E-state index contributed by atoms with van der Waals surface area (Å²) in [5.41, 5.74) is 3.51. The highest BCUT2D eigenvalue weighted by atomic mass is 79.9. The predicted molar refractivity (Wildman–Crippen MR) is 132 cm³/mol. The molecule has 8 nitrogen and oxygen atoms in total. The first-order valence-electron chi connectivity index (χ1n) is 9.95. The molecule has 35 heavy (non-hydrogen) atoms. The normalized spacial score (nSPS) is 10.9. The number of nitrogens with one attached hydrogen (secondary N) is 2. The van der Waals surface area contributed by atoms with Gasteiger partial charge in [-0.25, -0.2) is 14.6 Å². The fourth-order valence-corrected chi connectivity index (χ4v) is 3.40. The second-order valence-corrected chi connectivity index (χ2v) is 8.22. The molecule has 2 amide bonds. The quantitative estimate of drug-likeness (QED) is 0.145. The fourth-order valence-electron chi connectivity index (χ4n) is 2.77. The number of hydrogen-bond acceptors (Lipinski definition) is 6. The van der Waals surface area contributed by atoms with Gasteiger partial charge in [0, 0.05) is 15.7 Å². The molecule has 2 N–H and O–H groups in total. The summed E-state index contributed by atoms with van der Waals surface area (Å²) in [6.45, 7) is 1.60. The van der Waals surface area contributed by atoms with Gasteiger partial charge in [0.05, 0.1) is 23.4 Å². The van der Waals surface area contributed by atoms with Crippen LogP contribution < -0.4 is 20.2 Å². The van der Waals surface area contributed by atoms with Crippen LogP contribution in [0.2, 0.25) is 5.02 Å². The van der Waals surface area contributed by atoms with E-state index in [0.29, 0.717) is 21.3 Å². The van der Waals surface area contributed by atoms with Gasteiger partial charge in [-0.05, 0) is 71.4 Å². The maximum absolute atomic E-state index is 13.2. The van der Waals surface area contributed by atoms with E-state index >= 15 is 0 Å². The van der Waals surface area contributed by atoms with Gasteiger partial charge in [0.25, 0.3) is 0 Å². The van der Waals surface area contributed by atoms with Gasteiger partial charge in [0.2, 0.25) is 0 Å². The molecule has 0 aliphatic rings. The summed E-state index contributed by atoms with van der Waals surface area (Å²) >= 11 is 8.97. The van der Waals surface area contributed by atoms with Crippen LogP contribution >= 0.6 is 27.5 Å². The molecule has 0 saturated heterocycles. The number of carbonyl (C=O) groups is 3. The van der Waals surface area contributed by atoms with Gasteiger partial charge >= 0.3 is 17.8 Å². The number of amides is 2.